The molecule has 146 valence electrons. The van der Waals surface area contributed by atoms with Crippen LogP contribution in [0.2, 0.25) is 11.1 Å². The summed E-state index contributed by atoms with van der Waals surface area (Å²) < 4.78 is 33.8. The van der Waals surface area contributed by atoms with Crippen LogP contribution in [0.15, 0.2) is 0 Å². The van der Waals surface area contributed by atoms with Crippen LogP contribution in [0, 0.1) is 0 Å². The molecular formula is C16H38O6Si2. The minimum absolute atomic E-state index is 0.326. The van der Waals surface area contributed by atoms with Gasteiger partial charge >= 0.3 is 17.6 Å². The highest BCUT2D eigenvalue weighted by Gasteiger charge is 2.47. The van der Waals surface area contributed by atoms with Crippen LogP contribution in [0.3, 0.4) is 0 Å². The number of hydrogen-bond acceptors (Lipinski definition) is 6. The Hall–Kier alpha value is 0.194. The Morgan fingerprint density at radius 1 is 0.542 bits per heavy atom. The van der Waals surface area contributed by atoms with Crippen molar-refractivity contribution in [3.63, 3.8) is 0 Å². The van der Waals surface area contributed by atoms with E-state index in [0.717, 1.165) is 38.5 Å². The average Bonchev–Trinajstić information content (AvgIpc) is 2.64. The van der Waals surface area contributed by atoms with Gasteiger partial charge in [-0.05, 0) is 25.7 Å². The minimum atomic E-state index is -2.56. The van der Waals surface area contributed by atoms with Crippen molar-refractivity contribution in [1.82, 2.24) is 0 Å². The Labute approximate surface area is 150 Å². The molecule has 0 aromatic heterocycles. The maximum atomic E-state index is 5.64. The van der Waals surface area contributed by atoms with E-state index in [9.17, 15) is 0 Å². The monoisotopic (exact) mass is 382 g/mol. The first-order chi connectivity index (χ1) is 11.5. The Morgan fingerprint density at radius 3 is 0.958 bits per heavy atom. The lowest BCUT2D eigenvalue weighted by Gasteiger charge is -2.33. The van der Waals surface area contributed by atoms with Crippen molar-refractivity contribution >= 4 is 17.6 Å². The zero-order chi connectivity index (χ0) is 18.6. The Morgan fingerprint density at radius 2 is 0.792 bits per heavy atom. The first kappa shape index (κ1) is 24.2. The van der Waals surface area contributed by atoms with Crippen molar-refractivity contribution in [2.45, 2.75) is 63.5 Å². The maximum Gasteiger partial charge on any atom is 0.503 e. The zero-order valence-corrected chi connectivity index (χ0v) is 18.8. The molecule has 0 aromatic rings. The Bertz CT molecular complexity index is 264. The summed E-state index contributed by atoms with van der Waals surface area (Å²) in [5.41, 5.74) is 0.652. The van der Waals surface area contributed by atoms with Gasteiger partial charge in [-0.2, -0.15) is 0 Å². The van der Waals surface area contributed by atoms with E-state index in [0.29, 0.717) is 11.1 Å². The molecule has 24 heavy (non-hydrogen) atoms. The quantitative estimate of drug-likeness (QED) is 0.317. The summed E-state index contributed by atoms with van der Waals surface area (Å²) in [4.78, 5) is 0. The highest BCUT2D eigenvalue weighted by Crippen LogP contribution is 2.35. The van der Waals surface area contributed by atoms with Gasteiger partial charge in [-0.15, -0.1) is 0 Å². The highest BCUT2D eigenvalue weighted by atomic mass is 28.4. The third-order valence-corrected chi connectivity index (χ3v) is 11.9. The van der Waals surface area contributed by atoms with Gasteiger partial charge < -0.3 is 26.6 Å². The molecule has 0 N–H and O–H groups in total. The molecule has 0 bridgehead atoms. The van der Waals surface area contributed by atoms with E-state index in [1.54, 1.807) is 42.7 Å². The molecule has 0 aromatic carbocycles. The topological polar surface area (TPSA) is 55.4 Å². The number of unbranched alkanes of at least 4 members (excludes halogenated alkanes) is 1. The van der Waals surface area contributed by atoms with Crippen molar-refractivity contribution in [3.8, 4) is 0 Å². The fraction of sp³-hybridized carbons (Fsp3) is 1.00. The molecule has 0 aliphatic heterocycles. The molecule has 8 heteroatoms. The lowest BCUT2D eigenvalue weighted by atomic mass is 10.1. The molecule has 0 spiro atoms. The van der Waals surface area contributed by atoms with Crippen LogP contribution in [0.4, 0.5) is 0 Å². The second-order valence-electron chi connectivity index (χ2n) is 5.93. The summed E-state index contributed by atoms with van der Waals surface area (Å²) in [6, 6.07) is 0. The molecule has 0 amide bonds. The molecular weight excluding hydrogens is 344 g/mol. The second-order valence-corrected chi connectivity index (χ2v) is 12.4. The normalized spacial score (nSPS) is 15.5. The SMILES string of the molecule is CCC(CCCCC(CC)[Si](OC)(OC)OC)[Si](OC)(OC)OC. The van der Waals surface area contributed by atoms with Gasteiger partial charge in [-0.25, -0.2) is 0 Å². The number of hydrogen-bond donors (Lipinski definition) is 0. The maximum absolute atomic E-state index is 5.64. The molecule has 2 atom stereocenters. The highest BCUT2D eigenvalue weighted by molar-refractivity contribution is 6.62. The van der Waals surface area contributed by atoms with Crippen LogP contribution < -0.4 is 0 Å². The lowest BCUT2D eigenvalue weighted by Crippen LogP contribution is -2.48. The van der Waals surface area contributed by atoms with Gasteiger partial charge in [0.25, 0.3) is 0 Å². The summed E-state index contributed by atoms with van der Waals surface area (Å²) >= 11 is 0. The summed E-state index contributed by atoms with van der Waals surface area (Å²) in [5.74, 6) is 0. The van der Waals surface area contributed by atoms with Crippen molar-refractivity contribution in [3.05, 3.63) is 0 Å². The molecule has 0 saturated carbocycles. The fourth-order valence-corrected chi connectivity index (χ4v) is 8.66. The van der Waals surface area contributed by atoms with Gasteiger partial charge in [-0.3, -0.25) is 0 Å². The van der Waals surface area contributed by atoms with Crippen LogP contribution in [0.1, 0.15) is 52.4 Å². The van der Waals surface area contributed by atoms with Crippen LogP contribution in [0.25, 0.3) is 0 Å². The summed E-state index contributed by atoms with van der Waals surface area (Å²) in [5, 5.41) is 0. The van der Waals surface area contributed by atoms with Gasteiger partial charge in [-0.1, -0.05) is 26.7 Å². The Balaban J connectivity index is 4.63. The molecule has 0 heterocycles. The minimum Gasteiger partial charge on any atom is -0.377 e. The third kappa shape index (κ3) is 5.87. The molecule has 0 radical (unpaired) electrons. The van der Waals surface area contributed by atoms with E-state index in [-0.39, 0.29) is 0 Å². The first-order valence-electron chi connectivity index (χ1n) is 8.80. The molecule has 0 rings (SSSR count). The molecule has 6 nitrogen and oxygen atoms in total. The predicted molar refractivity (Wildman–Crippen MR) is 100 cm³/mol. The summed E-state index contributed by atoms with van der Waals surface area (Å²) in [6.07, 6.45) is 6.26. The van der Waals surface area contributed by atoms with E-state index in [1.807, 2.05) is 0 Å². The summed E-state index contributed by atoms with van der Waals surface area (Å²) in [6.45, 7) is 4.33. The van der Waals surface area contributed by atoms with Gasteiger partial charge in [0.05, 0.1) is 0 Å². The van der Waals surface area contributed by atoms with Crippen molar-refractivity contribution in [1.29, 1.82) is 0 Å². The number of rotatable bonds is 15. The van der Waals surface area contributed by atoms with Crippen molar-refractivity contribution in [2.24, 2.45) is 0 Å². The van der Waals surface area contributed by atoms with Crippen LogP contribution >= 0.6 is 0 Å². The summed E-state index contributed by atoms with van der Waals surface area (Å²) in [7, 11) is 5.00. The van der Waals surface area contributed by atoms with Crippen molar-refractivity contribution in [2.75, 3.05) is 42.7 Å². The molecule has 0 aliphatic rings. The molecule has 2 unspecified atom stereocenters. The van der Waals surface area contributed by atoms with Gasteiger partial charge in [0.15, 0.2) is 0 Å². The fourth-order valence-electron chi connectivity index (χ4n) is 3.54. The largest absolute Gasteiger partial charge is 0.503 e. The van der Waals surface area contributed by atoms with E-state index < -0.39 is 17.6 Å². The lowest BCUT2D eigenvalue weighted by molar-refractivity contribution is 0.105. The molecule has 0 aliphatic carbocycles. The smallest absolute Gasteiger partial charge is 0.377 e. The molecule has 0 fully saturated rings. The standard InChI is InChI=1S/C16H38O6Si2/c1-9-15(23(17-3,18-4)19-5)13-11-12-14-16(10-2)24(20-6,21-7)22-8/h15-16H,9-14H2,1-8H3. The van der Waals surface area contributed by atoms with E-state index >= 15 is 0 Å². The predicted octanol–water partition coefficient (Wildman–Crippen LogP) is 3.86. The average molecular weight is 383 g/mol. The second kappa shape index (κ2) is 12.5. The third-order valence-electron chi connectivity index (χ3n) is 5.05. The van der Waals surface area contributed by atoms with E-state index in [2.05, 4.69) is 13.8 Å². The Kier molecular flexibility index (Phi) is 12.6. The van der Waals surface area contributed by atoms with Gasteiger partial charge in [0.2, 0.25) is 0 Å². The molecule has 0 saturated heterocycles. The van der Waals surface area contributed by atoms with Gasteiger partial charge in [0.1, 0.15) is 0 Å². The zero-order valence-electron chi connectivity index (χ0n) is 16.8. The van der Waals surface area contributed by atoms with Crippen LogP contribution in [-0.2, 0) is 26.6 Å². The van der Waals surface area contributed by atoms with Crippen LogP contribution in [-0.4, -0.2) is 60.3 Å². The van der Waals surface area contributed by atoms with E-state index in [4.69, 9.17) is 26.6 Å². The van der Waals surface area contributed by atoms with Gasteiger partial charge in [0, 0.05) is 53.7 Å². The van der Waals surface area contributed by atoms with Crippen LogP contribution in [0.5, 0.6) is 0 Å². The van der Waals surface area contributed by atoms with Crippen molar-refractivity contribution < 1.29 is 26.6 Å². The van der Waals surface area contributed by atoms with E-state index in [1.165, 1.54) is 0 Å². The first-order valence-corrected chi connectivity index (χ1v) is 12.4.